The number of carbonyl (C=O) groups is 1. The Hall–Kier alpha value is -1.59. The van der Waals surface area contributed by atoms with Crippen molar-refractivity contribution in [2.45, 2.75) is 50.7 Å². The lowest BCUT2D eigenvalue weighted by Gasteiger charge is -2.45. The van der Waals surface area contributed by atoms with Crippen molar-refractivity contribution in [2.24, 2.45) is 17.6 Å². The van der Waals surface area contributed by atoms with Crippen molar-refractivity contribution in [2.75, 3.05) is 0 Å². The second-order valence-electron chi connectivity index (χ2n) is 7.16. The first-order valence-corrected chi connectivity index (χ1v) is 8.66. The van der Waals surface area contributed by atoms with Gasteiger partial charge in [0.1, 0.15) is 6.54 Å². The van der Waals surface area contributed by atoms with E-state index in [9.17, 15) is 4.79 Å². The van der Waals surface area contributed by atoms with Crippen LogP contribution in [0.25, 0.3) is 10.9 Å². The molecule has 1 aromatic carbocycles. The van der Waals surface area contributed by atoms with Crippen LogP contribution >= 0.6 is 12.4 Å². The van der Waals surface area contributed by atoms with Gasteiger partial charge in [-0.1, -0.05) is 24.6 Å². The molecule has 4 rings (SSSR count). The number of nitrogens with one attached hydrogen (secondary N) is 1. The summed E-state index contributed by atoms with van der Waals surface area (Å²) >= 11 is 0. The van der Waals surface area contributed by atoms with Gasteiger partial charge in [0.2, 0.25) is 5.91 Å². The fourth-order valence-electron chi connectivity index (χ4n) is 4.50. The van der Waals surface area contributed by atoms with Gasteiger partial charge in [-0.3, -0.25) is 9.48 Å². The van der Waals surface area contributed by atoms with Crippen LogP contribution in [-0.2, 0) is 11.3 Å². The van der Waals surface area contributed by atoms with Crippen molar-refractivity contribution < 1.29 is 4.79 Å². The molecule has 2 aromatic rings. The van der Waals surface area contributed by atoms with Crippen molar-refractivity contribution in [3.05, 3.63) is 30.5 Å². The molecule has 1 heterocycles. The van der Waals surface area contributed by atoms with Crippen molar-refractivity contribution in [3.63, 3.8) is 0 Å². The SMILES string of the molecule is Cl.NC1CC2CCCC(C1)C2NC(=O)Cn1cc2ccccc2n1. The van der Waals surface area contributed by atoms with Crippen molar-refractivity contribution in [1.29, 1.82) is 0 Å². The predicted molar refractivity (Wildman–Crippen MR) is 97.0 cm³/mol. The van der Waals surface area contributed by atoms with Crippen LogP contribution in [0.3, 0.4) is 0 Å². The van der Waals surface area contributed by atoms with Crippen LogP contribution in [0, 0.1) is 11.8 Å². The molecule has 5 nitrogen and oxygen atoms in total. The third-order valence-corrected chi connectivity index (χ3v) is 5.47. The molecule has 0 spiro atoms. The minimum atomic E-state index is 0. The Labute approximate surface area is 148 Å². The second kappa shape index (κ2) is 7.11. The first kappa shape index (κ1) is 17.2. The summed E-state index contributed by atoms with van der Waals surface area (Å²) in [6.45, 7) is 0.288. The molecule has 2 aliphatic carbocycles. The van der Waals surface area contributed by atoms with Gasteiger partial charge in [0, 0.05) is 23.7 Å². The van der Waals surface area contributed by atoms with Crippen LogP contribution in [0.15, 0.2) is 30.5 Å². The minimum Gasteiger partial charge on any atom is -0.351 e. The Kier molecular flexibility index (Phi) is 5.11. The van der Waals surface area contributed by atoms with Gasteiger partial charge in [-0.05, 0) is 43.6 Å². The van der Waals surface area contributed by atoms with Gasteiger partial charge in [-0.15, -0.1) is 12.4 Å². The second-order valence-corrected chi connectivity index (χ2v) is 7.16. The number of nitrogens with two attached hydrogens (primary N) is 1. The zero-order valence-corrected chi connectivity index (χ0v) is 14.5. The van der Waals surface area contributed by atoms with Crippen LogP contribution in [0.1, 0.15) is 32.1 Å². The van der Waals surface area contributed by atoms with E-state index in [0.717, 1.165) is 23.7 Å². The number of halogens is 1. The summed E-state index contributed by atoms with van der Waals surface area (Å²) in [4.78, 5) is 12.5. The van der Waals surface area contributed by atoms with Crippen LogP contribution in [-0.4, -0.2) is 27.8 Å². The molecule has 3 N–H and O–H groups in total. The molecule has 2 atom stereocenters. The molecule has 2 unspecified atom stereocenters. The number of rotatable bonds is 3. The monoisotopic (exact) mass is 348 g/mol. The number of fused-ring (bicyclic) bond motifs is 3. The molecule has 24 heavy (non-hydrogen) atoms. The van der Waals surface area contributed by atoms with E-state index in [2.05, 4.69) is 10.4 Å². The smallest absolute Gasteiger partial charge is 0.241 e. The number of benzene rings is 1. The average molecular weight is 349 g/mol. The lowest BCUT2D eigenvalue weighted by Crippen LogP contribution is -2.54. The third-order valence-electron chi connectivity index (χ3n) is 5.47. The van der Waals surface area contributed by atoms with Gasteiger partial charge >= 0.3 is 0 Å². The highest BCUT2D eigenvalue weighted by Crippen LogP contribution is 2.39. The van der Waals surface area contributed by atoms with E-state index in [4.69, 9.17) is 5.73 Å². The van der Waals surface area contributed by atoms with E-state index in [-0.39, 0.29) is 24.9 Å². The first-order chi connectivity index (χ1) is 11.2. The van der Waals surface area contributed by atoms with E-state index in [0.29, 0.717) is 23.9 Å². The molecule has 0 aliphatic heterocycles. The zero-order valence-electron chi connectivity index (χ0n) is 13.7. The summed E-state index contributed by atoms with van der Waals surface area (Å²) in [5, 5.41) is 8.82. The van der Waals surface area contributed by atoms with E-state index in [1.54, 1.807) is 4.68 Å². The molecule has 0 saturated heterocycles. The van der Waals surface area contributed by atoms with Gasteiger partial charge < -0.3 is 11.1 Å². The van der Waals surface area contributed by atoms with Crippen molar-refractivity contribution in [3.8, 4) is 0 Å². The molecule has 0 radical (unpaired) electrons. The van der Waals surface area contributed by atoms with Crippen LogP contribution in [0.5, 0.6) is 0 Å². The fourth-order valence-corrected chi connectivity index (χ4v) is 4.50. The molecule has 1 aromatic heterocycles. The summed E-state index contributed by atoms with van der Waals surface area (Å²) < 4.78 is 1.74. The maximum Gasteiger partial charge on any atom is 0.241 e. The maximum absolute atomic E-state index is 12.5. The van der Waals surface area contributed by atoms with Gasteiger partial charge in [-0.25, -0.2) is 0 Å². The Balaban J connectivity index is 0.00000169. The third kappa shape index (κ3) is 3.42. The van der Waals surface area contributed by atoms with Crippen molar-refractivity contribution >= 4 is 29.2 Å². The first-order valence-electron chi connectivity index (χ1n) is 8.66. The number of hydrogen-bond donors (Lipinski definition) is 2. The molecule has 2 saturated carbocycles. The maximum atomic E-state index is 12.5. The standard InChI is InChI=1S/C18H24N4O.ClH/c19-15-8-12-5-3-6-13(9-15)18(12)20-17(23)11-22-10-14-4-1-2-7-16(14)21-22;/h1-2,4,7,10,12-13,15,18H,3,5-6,8-9,11,19H2,(H,20,23);1H. The highest BCUT2D eigenvalue weighted by molar-refractivity contribution is 5.85. The highest BCUT2D eigenvalue weighted by atomic mass is 35.5. The predicted octanol–water partition coefficient (Wildman–Crippen LogP) is 2.48. The lowest BCUT2D eigenvalue weighted by molar-refractivity contribution is -0.124. The van der Waals surface area contributed by atoms with E-state index >= 15 is 0 Å². The van der Waals surface area contributed by atoms with Gasteiger partial charge in [0.05, 0.1) is 5.52 Å². The summed E-state index contributed by atoms with van der Waals surface area (Å²) in [7, 11) is 0. The van der Waals surface area contributed by atoms with Crippen LogP contribution in [0.4, 0.5) is 0 Å². The highest BCUT2D eigenvalue weighted by Gasteiger charge is 2.39. The quantitative estimate of drug-likeness (QED) is 0.895. The van der Waals surface area contributed by atoms with Crippen LogP contribution in [0.2, 0.25) is 0 Å². The summed E-state index contributed by atoms with van der Waals surface area (Å²) in [5.41, 5.74) is 7.09. The number of aromatic nitrogens is 2. The molecule has 130 valence electrons. The largest absolute Gasteiger partial charge is 0.351 e. The molecule has 6 heteroatoms. The normalized spacial score (nSPS) is 29.0. The van der Waals surface area contributed by atoms with Gasteiger partial charge in [0.25, 0.3) is 0 Å². The molecule has 2 fully saturated rings. The lowest BCUT2D eigenvalue weighted by atomic mass is 9.67. The molecule has 2 aliphatic rings. The number of nitrogens with zero attached hydrogens (tertiary/aromatic N) is 2. The van der Waals surface area contributed by atoms with Gasteiger partial charge in [-0.2, -0.15) is 5.10 Å². The summed E-state index contributed by atoms with van der Waals surface area (Å²) in [6, 6.07) is 8.56. The van der Waals surface area contributed by atoms with Gasteiger partial charge in [0.15, 0.2) is 0 Å². The van der Waals surface area contributed by atoms with E-state index in [1.807, 2.05) is 30.5 Å². The topological polar surface area (TPSA) is 72.9 Å². The molecular weight excluding hydrogens is 324 g/mol. The molecule has 1 amide bonds. The average Bonchev–Trinajstić information content (AvgIpc) is 2.90. The molecular formula is C18H25ClN4O. The number of carbonyl (C=O) groups excluding carboxylic acids is 1. The Morgan fingerprint density at radius 2 is 1.96 bits per heavy atom. The summed E-state index contributed by atoms with van der Waals surface area (Å²) in [6.07, 6.45) is 7.70. The van der Waals surface area contributed by atoms with E-state index < -0.39 is 0 Å². The van der Waals surface area contributed by atoms with E-state index in [1.165, 1.54) is 19.3 Å². The van der Waals surface area contributed by atoms with Crippen LogP contribution < -0.4 is 11.1 Å². The fraction of sp³-hybridized carbons (Fsp3) is 0.556. The zero-order chi connectivity index (χ0) is 15.8. The van der Waals surface area contributed by atoms with Crippen molar-refractivity contribution in [1.82, 2.24) is 15.1 Å². The Morgan fingerprint density at radius 1 is 1.25 bits per heavy atom. The Bertz CT molecular complexity index is 669. The number of amides is 1. The Morgan fingerprint density at radius 3 is 2.67 bits per heavy atom. The number of hydrogen-bond acceptors (Lipinski definition) is 3. The minimum absolute atomic E-state index is 0. The summed E-state index contributed by atoms with van der Waals surface area (Å²) in [5.74, 6) is 1.17. The molecule has 2 bridgehead atoms.